The molecule has 0 bridgehead atoms. The lowest BCUT2D eigenvalue weighted by Crippen LogP contribution is -2.26. The maximum atomic E-state index is 4.49. The number of pyridine rings is 1. The number of nitrogens with one attached hydrogen (secondary N) is 2. The number of H-pyrrole nitrogens is 1. The van der Waals surface area contributed by atoms with Crippen molar-refractivity contribution in [2.24, 2.45) is 5.92 Å². The Kier molecular flexibility index (Phi) is 3.45. The highest BCUT2D eigenvalue weighted by Gasteiger charge is 2.20. The Morgan fingerprint density at radius 3 is 3.11 bits per heavy atom. The van der Waals surface area contributed by atoms with Gasteiger partial charge in [-0.05, 0) is 36.8 Å². The lowest BCUT2D eigenvalue weighted by Gasteiger charge is -2.29. The monoisotopic (exact) mass is 257 g/mol. The predicted octanol–water partition coefficient (Wildman–Crippen LogP) is 4.12. The summed E-state index contributed by atoms with van der Waals surface area (Å²) in [7, 11) is 0. The van der Waals surface area contributed by atoms with Crippen LogP contribution in [0.2, 0.25) is 0 Å². The molecule has 0 aromatic carbocycles. The Morgan fingerprint density at radius 1 is 1.42 bits per heavy atom. The molecule has 3 heteroatoms. The van der Waals surface area contributed by atoms with Crippen molar-refractivity contribution in [2.45, 2.75) is 52.0 Å². The lowest BCUT2D eigenvalue weighted by molar-refractivity contribution is 0.358. The maximum absolute atomic E-state index is 4.49. The van der Waals surface area contributed by atoms with Gasteiger partial charge in [-0.3, -0.25) is 0 Å². The average Bonchev–Trinajstić information content (AvgIpc) is 2.88. The van der Waals surface area contributed by atoms with Gasteiger partial charge in [-0.15, -0.1) is 0 Å². The molecule has 0 radical (unpaired) electrons. The van der Waals surface area contributed by atoms with Gasteiger partial charge >= 0.3 is 0 Å². The van der Waals surface area contributed by atoms with Gasteiger partial charge in [-0.1, -0.05) is 26.7 Å². The fourth-order valence-electron chi connectivity index (χ4n) is 3.26. The van der Waals surface area contributed by atoms with Crippen molar-refractivity contribution < 1.29 is 0 Å². The minimum absolute atomic E-state index is 0.620. The SMILES string of the molecule is CCc1cnc2[nH]ccc2c1N[C@H]1CCC[C@H](C)C1. The average molecular weight is 257 g/mol. The highest BCUT2D eigenvalue weighted by molar-refractivity contribution is 5.91. The second-order valence-corrected chi connectivity index (χ2v) is 5.86. The second kappa shape index (κ2) is 5.24. The van der Waals surface area contributed by atoms with Gasteiger partial charge in [0.15, 0.2) is 0 Å². The summed E-state index contributed by atoms with van der Waals surface area (Å²) in [5, 5.41) is 5.03. The fraction of sp³-hybridized carbons (Fsp3) is 0.562. The Bertz CT molecular complexity index is 558. The van der Waals surface area contributed by atoms with Crippen LogP contribution in [0.5, 0.6) is 0 Å². The molecule has 2 aromatic heterocycles. The van der Waals surface area contributed by atoms with Crippen LogP contribution < -0.4 is 5.32 Å². The Labute approximate surface area is 114 Å². The molecule has 3 rings (SSSR count). The minimum atomic E-state index is 0.620. The van der Waals surface area contributed by atoms with Crippen molar-refractivity contribution in [1.82, 2.24) is 9.97 Å². The van der Waals surface area contributed by atoms with Gasteiger partial charge < -0.3 is 10.3 Å². The Hall–Kier alpha value is -1.51. The Morgan fingerprint density at radius 2 is 2.32 bits per heavy atom. The highest BCUT2D eigenvalue weighted by atomic mass is 14.9. The topological polar surface area (TPSA) is 40.7 Å². The van der Waals surface area contributed by atoms with E-state index in [1.807, 2.05) is 12.4 Å². The summed E-state index contributed by atoms with van der Waals surface area (Å²) >= 11 is 0. The minimum Gasteiger partial charge on any atom is -0.381 e. The van der Waals surface area contributed by atoms with Crippen molar-refractivity contribution >= 4 is 16.7 Å². The van der Waals surface area contributed by atoms with E-state index in [2.05, 4.69) is 35.2 Å². The van der Waals surface area contributed by atoms with Crippen LogP contribution in [0.3, 0.4) is 0 Å². The van der Waals surface area contributed by atoms with Gasteiger partial charge in [0.05, 0.1) is 5.69 Å². The van der Waals surface area contributed by atoms with Crippen molar-refractivity contribution in [3.63, 3.8) is 0 Å². The first-order valence-electron chi connectivity index (χ1n) is 7.49. The van der Waals surface area contributed by atoms with Crippen molar-refractivity contribution in [3.8, 4) is 0 Å². The quantitative estimate of drug-likeness (QED) is 0.868. The molecule has 102 valence electrons. The third-order valence-electron chi connectivity index (χ3n) is 4.33. The zero-order valence-electron chi connectivity index (χ0n) is 11.9. The molecule has 1 saturated carbocycles. The summed E-state index contributed by atoms with van der Waals surface area (Å²) in [6.07, 6.45) is 10.3. The maximum Gasteiger partial charge on any atom is 0.139 e. The third kappa shape index (κ3) is 2.46. The van der Waals surface area contributed by atoms with E-state index < -0.39 is 0 Å². The summed E-state index contributed by atoms with van der Waals surface area (Å²) in [5.41, 5.74) is 3.61. The number of fused-ring (bicyclic) bond motifs is 1. The van der Waals surface area contributed by atoms with E-state index >= 15 is 0 Å². The standard InChI is InChI=1S/C16H23N3/c1-3-12-10-18-16-14(7-8-17-16)15(12)19-13-6-4-5-11(2)9-13/h7-8,10-11,13H,3-6,9H2,1-2H3,(H2,17,18,19)/t11-,13-/m0/s1. The molecule has 1 aliphatic carbocycles. The van der Waals surface area contributed by atoms with Gasteiger partial charge in [0.25, 0.3) is 0 Å². The number of nitrogens with zero attached hydrogens (tertiary/aromatic N) is 1. The van der Waals surface area contributed by atoms with E-state index in [0.29, 0.717) is 6.04 Å². The summed E-state index contributed by atoms with van der Waals surface area (Å²) in [6.45, 7) is 4.57. The summed E-state index contributed by atoms with van der Waals surface area (Å²) < 4.78 is 0. The Balaban J connectivity index is 1.91. The number of anilines is 1. The van der Waals surface area contributed by atoms with Crippen LogP contribution in [0, 0.1) is 5.92 Å². The lowest BCUT2D eigenvalue weighted by atomic mass is 9.87. The van der Waals surface area contributed by atoms with Crippen molar-refractivity contribution in [3.05, 3.63) is 24.0 Å². The number of aromatic amines is 1. The normalized spacial score (nSPS) is 23.7. The number of aryl methyl sites for hydroxylation is 1. The van der Waals surface area contributed by atoms with E-state index in [1.165, 1.54) is 42.3 Å². The number of aromatic nitrogens is 2. The summed E-state index contributed by atoms with van der Waals surface area (Å²) in [6, 6.07) is 2.75. The number of rotatable bonds is 3. The van der Waals surface area contributed by atoms with Gasteiger partial charge in [0.2, 0.25) is 0 Å². The van der Waals surface area contributed by atoms with Gasteiger partial charge in [-0.25, -0.2) is 4.98 Å². The van der Waals surface area contributed by atoms with Crippen LogP contribution in [0.15, 0.2) is 18.5 Å². The van der Waals surface area contributed by atoms with Crippen LogP contribution >= 0.6 is 0 Å². The molecule has 0 aliphatic heterocycles. The summed E-state index contributed by atoms with van der Waals surface area (Å²) in [5.74, 6) is 0.847. The third-order valence-corrected chi connectivity index (χ3v) is 4.33. The molecule has 19 heavy (non-hydrogen) atoms. The first-order valence-corrected chi connectivity index (χ1v) is 7.49. The first kappa shape index (κ1) is 12.5. The van der Waals surface area contributed by atoms with Gasteiger partial charge in [0, 0.05) is 23.8 Å². The molecule has 3 nitrogen and oxygen atoms in total. The zero-order chi connectivity index (χ0) is 13.2. The van der Waals surface area contributed by atoms with Gasteiger partial charge in [0.1, 0.15) is 5.65 Å². The molecule has 0 amide bonds. The number of hydrogen-bond acceptors (Lipinski definition) is 2. The van der Waals surface area contributed by atoms with Gasteiger partial charge in [-0.2, -0.15) is 0 Å². The molecule has 2 N–H and O–H groups in total. The molecule has 0 unspecified atom stereocenters. The smallest absolute Gasteiger partial charge is 0.139 e. The van der Waals surface area contributed by atoms with E-state index in [0.717, 1.165) is 18.0 Å². The first-order chi connectivity index (χ1) is 9.28. The van der Waals surface area contributed by atoms with E-state index in [1.54, 1.807) is 0 Å². The van der Waals surface area contributed by atoms with Crippen molar-refractivity contribution in [1.29, 1.82) is 0 Å². The van der Waals surface area contributed by atoms with E-state index in [9.17, 15) is 0 Å². The number of hydrogen-bond donors (Lipinski definition) is 2. The van der Waals surface area contributed by atoms with Crippen molar-refractivity contribution in [2.75, 3.05) is 5.32 Å². The zero-order valence-corrected chi connectivity index (χ0v) is 11.9. The molecule has 2 heterocycles. The molecular formula is C16H23N3. The second-order valence-electron chi connectivity index (χ2n) is 5.86. The largest absolute Gasteiger partial charge is 0.381 e. The molecule has 0 saturated heterocycles. The molecule has 2 atom stereocenters. The molecule has 1 aliphatic rings. The van der Waals surface area contributed by atoms with Crippen LogP contribution in [-0.2, 0) is 6.42 Å². The fourth-order valence-corrected chi connectivity index (χ4v) is 3.26. The van der Waals surface area contributed by atoms with E-state index in [4.69, 9.17) is 0 Å². The van der Waals surface area contributed by atoms with Crippen LogP contribution in [0.1, 0.15) is 45.1 Å². The molecule has 1 fully saturated rings. The molecule has 0 spiro atoms. The van der Waals surface area contributed by atoms with E-state index in [-0.39, 0.29) is 0 Å². The molecule has 2 aromatic rings. The molecular weight excluding hydrogens is 234 g/mol. The van der Waals surface area contributed by atoms with Crippen LogP contribution in [0.25, 0.3) is 11.0 Å². The van der Waals surface area contributed by atoms with Crippen LogP contribution in [-0.4, -0.2) is 16.0 Å². The predicted molar refractivity (Wildman–Crippen MR) is 80.5 cm³/mol. The summed E-state index contributed by atoms with van der Waals surface area (Å²) in [4.78, 5) is 7.69. The van der Waals surface area contributed by atoms with Crippen LogP contribution in [0.4, 0.5) is 5.69 Å². The highest BCUT2D eigenvalue weighted by Crippen LogP contribution is 2.31.